The first-order valence-electron chi connectivity index (χ1n) is 9.48. The summed E-state index contributed by atoms with van der Waals surface area (Å²) in [7, 11) is 2.01. The van der Waals surface area contributed by atoms with Gasteiger partial charge in [0.1, 0.15) is 5.82 Å². The minimum absolute atomic E-state index is 0.244. The highest BCUT2D eigenvalue weighted by atomic mass is 16.2. The van der Waals surface area contributed by atoms with Gasteiger partial charge in [0.05, 0.1) is 6.54 Å². The van der Waals surface area contributed by atoms with Crippen LogP contribution in [0.1, 0.15) is 37.1 Å². The van der Waals surface area contributed by atoms with Crippen molar-refractivity contribution in [2.45, 2.75) is 51.7 Å². The molecule has 0 spiro atoms. The smallest absolute Gasteiger partial charge is 0.236 e. The lowest BCUT2D eigenvalue weighted by Crippen LogP contribution is -2.47. The Morgan fingerprint density at radius 1 is 1.27 bits per heavy atom. The predicted octanol–water partition coefficient (Wildman–Crippen LogP) is 2.49. The normalized spacial score (nSPS) is 17.7. The Labute approximate surface area is 155 Å². The molecule has 1 amide bonds. The SMILES string of the molecule is Cc1nccn1CCC1CCCCN1C(=O)CN(C)Cc1ccncc1. The number of nitrogens with zero attached hydrogens (tertiary/aromatic N) is 5. The van der Waals surface area contributed by atoms with Crippen LogP contribution in [0.2, 0.25) is 0 Å². The van der Waals surface area contributed by atoms with Gasteiger partial charge < -0.3 is 9.47 Å². The van der Waals surface area contributed by atoms with Gasteiger partial charge in [0.25, 0.3) is 0 Å². The van der Waals surface area contributed by atoms with Crippen LogP contribution in [0.4, 0.5) is 0 Å². The number of aromatic nitrogens is 3. The molecule has 1 aliphatic heterocycles. The van der Waals surface area contributed by atoms with Gasteiger partial charge in [-0.3, -0.25) is 14.7 Å². The van der Waals surface area contributed by atoms with E-state index in [2.05, 4.69) is 24.3 Å². The van der Waals surface area contributed by atoms with E-state index < -0.39 is 0 Å². The van der Waals surface area contributed by atoms with Gasteiger partial charge in [-0.15, -0.1) is 0 Å². The number of likely N-dealkylation sites (tertiary alicyclic amines) is 1. The first-order chi connectivity index (χ1) is 12.6. The van der Waals surface area contributed by atoms with Crippen molar-refractivity contribution in [3.05, 3.63) is 48.3 Å². The lowest BCUT2D eigenvalue weighted by molar-refractivity contribution is -0.136. The summed E-state index contributed by atoms with van der Waals surface area (Å²) in [4.78, 5) is 25.4. The second-order valence-electron chi connectivity index (χ2n) is 7.22. The summed E-state index contributed by atoms with van der Waals surface area (Å²) in [6.45, 7) is 5.06. The zero-order valence-electron chi connectivity index (χ0n) is 15.8. The molecule has 2 aromatic heterocycles. The molecule has 0 N–H and O–H groups in total. The van der Waals surface area contributed by atoms with Crippen LogP contribution < -0.4 is 0 Å². The second-order valence-corrected chi connectivity index (χ2v) is 7.22. The van der Waals surface area contributed by atoms with Crippen molar-refractivity contribution in [3.8, 4) is 0 Å². The quantitative estimate of drug-likeness (QED) is 0.766. The maximum Gasteiger partial charge on any atom is 0.236 e. The van der Waals surface area contributed by atoms with E-state index in [0.717, 1.165) is 44.7 Å². The molecular formula is C20H29N5O. The van der Waals surface area contributed by atoms with Gasteiger partial charge in [-0.05, 0) is 57.4 Å². The Morgan fingerprint density at radius 3 is 2.81 bits per heavy atom. The van der Waals surface area contributed by atoms with E-state index in [1.807, 2.05) is 38.5 Å². The summed E-state index contributed by atoms with van der Waals surface area (Å²) in [6, 6.07) is 4.34. The van der Waals surface area contributed by atoms with Gasteiger partial charge in [-0.1, -0.05) is 0 Å². The first-order valence-corrected chi connectivity index (χ1v) is 9.48. The Kier molecular flexibility index (Phi) is 6.39. The van der Waals surface area contributed by atoms with Gasteiger partial charge in [-0.2, -0.15) is 0 Å². The van der Waals surface area contributed by atoms with E-state index in [4.69, 9.17) is 0 Å². The molecular weight excluding hydrogens is 326 g/mol. The van der Waals surface area contributed by atoms with Crippen molar-refractivity contribution in [3.63, 3.8) is 0 Å². The number of pyridine rings is 1. The average molecular weight is 355 g/mol. The van der Waals surface area contributed by atoms with E-state index in [9.17, 15) is 4.79 Å². The third kappa shape index (κ3) is 4.91. The summed E-state index contributed by atoms with van der Waals surface area (Å²) in [5.74, 6) is 1.28. The van der Waals surface area contributed by atoms with Gasteiger partial charge >= 0.3 is 0 Å². The van der Waals surface area contributed by atoms with Crippen molar-refractivity contribution >= 4 is 5.91 Å². The molecule has 3 rings (SSSR count). The zero-order chi connectivity index (χ0) is 18.4. The largest absolute Gasteiger partial charge is 0.339 e. The number of carbonyl (C=O) groups excluding carboxylic acids is 1. The summed E-state index contributed by atoms with van der Waals surface area (Å²) in [5.41, 5.74) is 1.18. The molecule has 1 saturated heterocycles. The fraction of sp³-hybridized carbons (Fsp3) is 0.550. The lowest BCUT2D eigenvalue weighted by atomic mass is 9.99. The molecule has 3 heterocycles. The van der Waals surface area contributed by atoms with Crippen LogP contribution in [0.5, 0.6) is 0 Å². The molecule has 1 unspecified atom stereocenters. The summed E-state index contributed by atoms with van der Waals surface area (Å²) in [6.07, 6.45) is 11.9. The number of rotatable bonds is 7. The van der Waals surface area contributed by atoms with Crippen LogP contribution in [-0.2, 0) is 17.9 Å². The van der Waals surface area contributed by atoms with E-state index in [1.165, 1.54) is 12.0 Å². The van der Waals surface area contributed by atoms with Crippen LogP contribution in [-0.4, -0.2) is 56.4 Å². The topological polar surface area (TPSA) is 54.3 Å². The van der Waals surface area contributed by atoms with Crippen LogP contribution in [0.3, 0.4) is 0 Å². The summed E-state index contributed by atoms with van der Waals surface area (Å²) >= 11 is 0. The highest BCUT2D eigenvalue weighted by molar-refractivity contribution is 5.78. The number of piperidine rings is 1. The van der Waals surface area contributed by atoms with Crippen LogP contribution in [0.15, 0.2) is 36.9 Å². The minimum Gasteiger partial charge on any atom is -0.339 e. The molecule has 0 bridgehead atoms. The lowest BCUT2D eigenvalue weighted by Gasteiger charge is -2.37. The highest BCUT2D eigenvalue weighted by Crippen LogP contribution is 2.21. The fourth-order valence-corrected chi connectivity index (χ4v) is 3.73. The van der Waals surface area contributed by atoms with Gasteiger partial charge in [-0.25, -0.2) is 4.98 Å². The molecule has 0 aliphatic carbocycles. The number of imidazole rings is 1. The Hall–Kier alpha value is -2.21. The van der Waals surface area contributed by atoms with Crippen molar-refractivity contribution < 1.29 is 4.79 Å². The van der Waals surface area contributed by atoms with Crippen LogP contribution in [0.25, 0.3) is 0 Å². The molecule has 2 aromatic rings. The highest BCUT2D eigenvalue weighted by Gasteiger charge is 2.27. The van der Waals surface area contributed by atoms with Gasteiger partial charge in [0.15, 0.2) is 0 Å². The van der Waals surface area contributed by atoms with E-state index in [1.54, 1.807) is 12.4 Å². The first kappa shape index (κ1) is 18.6. The molecule has 0 saturated carbocycles. The molecule has 1 fully saturated rings. The molecule has 26 heavy (non-hydrogen) atoms. The molecule has 1 atom stereocenters. The molecule has 1 aliphatic rings. The number of amides is 1. The number of hydrogen-bond acceptors (Lipinski definition) is 4. The van der Waals surface area contributed by atoms with Gasteiger partial charge in [0.2, 0.25) is 5.91 Å². The predicted molar refractivity (Wildman–Crippen MR) is 102 cm³/mol. The average Bonchev–Trinajstić information content (AvgIpc) is 3.06. The monoisotopic (exact) mass is 355 g/mol. The van der Waals surface area contributed by atoms with E-state index in [-0.39, 0.29) is 5.91 Å². The van der Waals surface area contributed by atoms with E-state index >= 15 is 0 Å². The summed E-state index contributed by atoms with van der Waals surface area (Å²) < 4.78 is 2.17. The van der Waals surface area contributed by atoms with E-state index in [0.29, 0.717) is 12.6 Å². The second kappa shape index (κ2) is 8.94. The third-order valence-electron chi connectivity index (χ3n) is 5.18. The molecule has 140 valence electrons. The van der Waals surface area contributed by atoms with Crippen molar-refractivity contribution in [1.82, 2.24) is 24.3 Å². The van der Waals surface area contributed by atoms with Crippen LogP contribution >= 0.6 is 0 Å². The third-order valence-corrected chi connectivity index (χ3v) is 5.18. The summed E-state index contributed by atoms with van der Waals surface area (Å²) in [5, 5.41) is 0. The number of hydrogen-bond donors (Lipinski definition) is 0. The number of aryl methyl sites for hydroxylation is 2. The number of carbonyl (C=O) groups is 1. The minimum atomic E-state index is 0.244. The fourth-order valence-electron chi connectivity index (χ4n) is 3.73. The Balaban J connectivity index is 1.54. The van der Waals surface area contributed by atoms with Gasteiger partial charge in [0, 0.05) is 50.5 Å². The zero-order valence-corrected chi connectivity index (χ0v) is 15.8. The Bertz CT molecular complexity index is 699. The Morgan fingerprint density at radius 2 is 2.08 bits per heavy atom. The molecule has 6 heteroatoms. The standard InChI is InChI=1S/C20H29N5O/c1-17-22-11-14-24(17)13-8-19-5-3-4-12-25(19)20(26)16-23(2)15-18-6-9-21-10-7-18/h6-7,9-11,14,19H,3-5,8,12-13,15-16H2,1-2H3. The molecule has 0 aromatic carbocycles. The van der Waals surface area contributed by atoms with Crippen molar-refractivity contribution in [1.29, 1.82) is 0 Å². The number of likely N-dealkylation sites (N-methyl/N-ethyl adjacent to an activating group) is 1. The van der Waals surface area contributed by atoms with Crippen LogP contribution in [0, 0.1) is 6.92 Å². The van der Waals surface area contributed by atoms with Crippen molar-refractivity contribution in [2.75, 3.05) is 20.1 Å². The maximum atomic E-state index is 12.9. The molecule has 0 radical (unpaired) electrons. The van der Waals surface area contributed by atoms with Crippen molar-refractivity contribution in [2.24, 2.45) is 0 Å². The maximum absolute atomic E-state index is 12.9. The molecule has 6 nitrogen and oxygen atoms in total.